The number of nitrogens with zero attached hydrogens (tertiary/aromatic N) is 3. The van der Waals surface area contributed by atoms with Gasteiger partial charge in [-0.1, -0.05) is 42.5 Å². The number of amides is 5. The van der Waals surface area contributed by atoms with Crippen LogP contribution < -0.4 is 16.0 Å². The number of hydrogen-bond donors (Lipinski definition) is 4. The lowest BCUT2D eigenvalue weighted by molar-refractivity contribution is -0.138. The highest BCUT2D eigenvalue weighted by Crippen LogP contribution is 2.33. The Hall–Kier alpha value is -6.00. The molecule has 4 aromatic rings. The zero-order valence-corrected chi connectivity index (χ0v) is 34.3. The maximum Gasteiger partial charge on any atom is 0.407 e. The number of fused-ring (bicyclic) bond motifs is 1. The predicted octanol–water partition coefficient (Wildman–Crippen LogP) is 4.80. The topological polar surface area (TPSA) is 194 Å². The summed E-state index contributed by atoms with van der Waals surface area (Å²) in [5.41, 5.74) is 4.29. The molecule has 16 heteroatoms. The van der Waals surface area contributed by atoms with Crippen molar-refractivity contribution in [1.82, 2.24) is 35.7 Å². The number of benzene rings is 3. The minimum Gasteiger partial charge on any atom is -0.453 e. The highest BCUT2D eigenvalue weighted by Gasteiger charge is 2.39. The largest absolute Gasteiger partial charge is 0.453 e. The van der Waals surface area contributed by atoms with Crippen LogP contribution in [-0.2, 0) is 28.5 Å². The summed E-state index contributed by atoms with van der Waals surface area (Å²) in [5, 5.41) is 10.1. The normalized spacial score (nSPS) is 18.5. The lowest BCUT2D eigenvalue weighted by Crippen LogP contribution is -2.56. The number of likely N-dealkylation sites (tertiary alicyclic amines) is 2. The van der Waals surface area contributed by atoms with Crippen LogP contribution in [0, 0.1) is 0 Å². The van der Waals surface area contributed by atoms with Gasteiger partial charge in [-0.05, 0) is 85.2 Å². The first kappa shape index (κ1) is 42.6. The molecular formula is C43H53N7O9. The Labute approximate surface area is 343 Å². The first-order chi connectivity index (χ1) is 28.5. The van der Waals surface area contributed by atoms with Crippen LogP contribution in [0.3, 0.4) is 0 Å². The Bertz CT molecular complexity index is 2140. The summed E-state index contributed by atoms with van der Waals surface area (Å²) in [6, 6.07) is 17.5. The average Bonchev–Trinajstić information content (AvgIpc) is 4.07. The number of H-pyrrole nitrogens is 1. The Morgan fingerprint density at radius 3 is 1.93 bits per heavy atom. The van der Waals surface area contributed by atoms with Crippen LogP contribution in [0.2, 0.25) is 0 Å². The van der Waals surface area contributed by atoms with E-state index >= 15 is 0 Å². The van der Waals surface area contributed by atoms with E-state index in [2.05, 4.69) is 32.0 Å². The van der Waals surface area contributed by atoms with E-state index in [-0.39, 0.29) is 36.3 Å². The fourth-order valence-electron chi connectivity index (χ4n) is 7.79. The Balaban J connectivity index is 1.08. The van der Waals surface area contributed by atoms with E-state index in [9.17, 15) is 24.0 Å². The summed E-state index contributed by atoms with van der Waals surface area (Å²) in [4.78, 5) is 75.8. The molecule has 2 fully saturated rings. The molecule has 3 aromatic carbocycles. The number of carbonyl (C=O) groups is 5. The standard InChI is InChI=1S/C43H53N7O9/c1-25(56-3)36(47-42(54)58-5)40(52)49-19-7-9-33(49)23-45-39(51)32-18-17-30-21-29(15-16-31(30)22-32)27-11-13-28(14-12-27)34-24-44-38(46-34)35-10-8-20-50(35)41(53)37(26(2)57-4)48-43(55)59-6/h11-18,21-22,24-26,33,35-37H,7-10,19-20,23H2,1-6H3,(H,44,46)(H,45,51)(H,47,54)(H,48,55)/t25-,26-,33+,35+,36+,37+/m1/s1. The molecule has 2 aliphatic rings. The summed E-state index contributed by atoms with van der Waals surface area (Å²) in [6.07, 6.45) is 2.23. The highest BCUT2D eigenvalue weighted by atomic mass is 16.5. The van der Waals surface area contributed by atoms with Crippen molar-refractivity contribution in [1.29, 1.82) is 0 Å². The third kappa shape index (κ3) is 9.66. The maximum atomic E-state index is 13.6. The molecule has 0 bridgehead atoms. The van der Waals surface area contributed by atoms with Gasteiger partial charge < -0.3 is 49.7 Å². The van der Waals surface area contributed by atoms with Gasteiger partial charge in [-0.15, -0.1) is 0 Å². The van der Waals surface area contributed by atoms with Crippen LogP contribution in [0.1, 0.15) is 61.8 Å². The van der Waals surface area contributed by atoms with E-state index in [1.807, 2.05) is 48.5 Å². The molecule has 0 saturated carbocycles. The Morgan fingerprint density at radius 1 is 0.729 bits per heavy atom. The molecule has 6 atom stereocenters. The molecule has 5 amide bonds. The summed E-state index contributed by atoms with van der Waals surface area (Å²) in [6.45, 7) is 4.74. The molecule has 16 nitrogen and oxygen atoms in total. The second-order valence-corrected chi connectivity index (χ2v) is 14.9. The number of hydrogen-bond acceptors (Lipinski definition) is 10. The molecule has 2 saturated heterocycles. The van der Waals surface area contributed by atoms with Gasteiger partial charge in [0.05, 0.1) is 44.4 Å². The van der Waals surface area contributed by atoms with Crippen LogP contribution in [-0.4, -0.2) is 128 Å². The van der Waals surface area contributed by atoms with Crippen molar-refractivity contribution in [2.75, 3.05) is 48.1 Å². The second-order valence-electron chi connectivity index (χ2n) is 14.9. The monoisotopic (exact) mass is 811 g/mol. The molecule has 0 unspecified atom stereocenters. The zero-order valence-electron chi connectivity index (χ0n) is 34.3. The molecule has 59 heavy (non-hydrogen) atoms. The fourth-order valence-corrected chi connectivity index (χ4v) is 7.79. The van der Waals surface area contributed by atoms with E-state index in [1.165, 1.54) is 28.4 Å². The van der Waals surface area contributed by atoms with Crippen LogP contribution in [0.5, 0.6) is 0 Å². The van der Waals surface area contributed by atoms with E-state index in [0.29, 0.717) is 24.5 Å². The molecule has 2 aliphatic heterocycles. The number of rotatable bonds is 14. The summed E-state index contributed by atoms with van der Waals surface area (Å²) in [7, 11) is 5.45. The van der Waals surface area contributed by atoms with Gasteiger partial charge in [0.25, 0.3) is 5.91 Å². The first-order valence-electron chi connectivity index (χ1n) is 19.8. The van der Waals surface area contributed by atoms with E-state index in [0.717, 1.165) is 58.8 Å². The minimum atomic E-state index is -0.921. The average molecular weight is 812 g/mol. The van der Waals surface area contributed by atoms with Gasteiger partial charge >= 0.3 is 12.2 Å². The van der Waals surface area contributed by atoms with Gasteiger partial charge in [0.2, 0.25) is 11.8 Å². The highest BCUT2D eigenvalue weighted by molar-refractivity contribution is 5.99. The lowest BCUT2D eigenvalue weighted by atomic mass is 9.98. The van der Waals surface area contributed by atoms with Gasteiger partial charge in [0, 0.05) is 45.5 Å². The second kappa shape index (κ2) is 19.2. The van der Waals surface area contributed by atoms with Crippen LogP contribution in [0.25, 0.3) is 33.2 Å². The van der Waals surface area contributed by atoms with Gasteiger partial charge in [-0.2, -0.15) is 0 Å². The van der Waals surface area contributed by atoms with Crippen molar-refractivity contribution >= 4 is 40.7 Å². The van der Waals surface area contributed by atoms with Gasteiger partial charge in [0.1, 0.15) is 17.9 Å². The number of aromatic amines is 1. The van der Waals surface area contributed by atoms with Crippen molar-refractivity contribution in [3.63, 3.8) is 0 Å². The molecular weight excluding hydrogens is 759 g/mol. The van der Waals surface area contributed by atoms with Gasteiger partial charge in [-0.3, -0.25) is 14.4 Å². The number of nitrogens with one attached hydrogen (secondary N) is 4. The quantitative estimate of drug-likeness (QED) is 0.138. The van der Waals surface area contributed by atoms with Crippen LogP contribution >= 0.6 is 0 Å². The number of aromatic nitrogens is 2. The van der Waals surface area contributed by atoms with Gasteiger partial charge in [0.15, 0.2) is 0 Å². The molecule has 314 valence electrons. The van der Waals surface area contributed by atoms with E-state index in [1.54, 1.807) is 35.9 Å². The van der Waals surface area contributed by atoms with Gasteiger partial charge in [-0.25, -0.2) is 14.6 Å². The Morgan fingerprint density at radius 2 is 1.29 bits per heavy atom. The van der Waals surface area contributed by atoms with E-state index < -0.39 is 36.5 Å². The molecule has 0 radical (unpaired) electrons. The van der Waals surface area contributed by atoms with Crippen LogP contribution in [0.4, 0.5) is 9.59 Å². The zero-order chi connectivity index (χ0) is 42.2. The van der Waals surface area contributed by atoms with Crippen molar-refractivity contribution in [2.45, 2.75) is 75.9 Å². The fraction of sp³-hybridized carbons (Fsp3) is 0.442. The molecule has 0 aliphatic carbocycles. The van der Waals surface area contributed by atoms with Crippen molar-refractivity contribution in [3.8, 4) is 22.4 Å². The predicted molar refractivity (Wildman–Crippen MR) is 219 cm³/mol. The smallest absolute Gasteiger partial charge is 0.407 e. The lowest BCUT2D eigenvalue weighted by Gasteiger charge is -2.31. The number of carbonyl (C=O) groups excluding carboxylic acids is 5. The van der Waals surface area contributed by atoms with Crippen molar-refractivity contribution < 1.29 is 42.9 Å². The molecule has 4 N–H and O–H groups in total. The summed E-state index contributed by atoms with van der Waals surface area (Å²) in [5.74, 6) is -0.111. The first-order valence-corrected chi connectivity index (χ1v) is 19.8. The maximum absolute atomic E-state index is 13.6. The molecule has 0 spiro atoms. The SMILES string of the molecule is COC(=O)N[C@H](C(=O)N1CCC[C@H]1CNC(=O)c1ccc2cc(-c3ccc(-c4cnc([C@@H]5CCCN5C(=O)[C@@H](NC(=O)OC)[C@@H](C)OC)[nH]4)cc3)ccc2c1)[C@@H](C)OC. The molecule has 6 rings (SSSR count). The molecule has 1 aromatic heterocycles. The minimum absolute atomic E-state index is 0.225. The summed E-state index contributed by atoms with van der Waals surface area (Å²) >= 11 is 0. The number of alkyl carbamates (subject to hydrolysis) is 2. The van der Waals surface area contributed by atoms with Crippen LogP contribution in [0.15, 0.2) is 66.9 Å². The molecule has 3 heterocycles. The van der Waals surface area contributed by atoms with Crippen molar-refractivity contribution in [2.24, 2.45) is 0 Å². The Kier molecular flexibility index (Phi) is 13.8. The number of ether oxygens (including phenoxy) is 4. The third-order valence-corrected chi connectivity index (χ3v) is 11.4. The van der Waals surface area contributed by atoms with E-state index in [4.69, 9.17) is 18.9 Å². The summed E-state index contributed by atoms with van der Waals surface area (Å²) < 4.78 is 20.2. The number of imidazole rings is 1. The number of methoxy groups -OCH3 is 4. The third-order valence-electron chi connectivity index (χ3n) is 11.4. The van der Waals surface area contributed by atoms with Crippen molar-refractivity contribution in [3.05, 3.63) is 78.2 Å².